The molecule has 0 saturated carbocycles. The van der Waals surface area contributed by atoms with Gasteiger partial charge in [-0.2, -0.15) is 0 Å². The van der Waals surface area contributed by atoms with Crippen molar-refractivity contribution in [3.05, 3.63) is 58.3 Å². The van der Waals surface area contributed by atoms with Crippen molar-refractivity contribution in [1.82, 2.24) is 4.98 Å². The van der Waals surface area contributed by atoms with Crippen molar-refractivity contribution in [2.24, 2.45) is 0 Å². The fraction of sp³-hybridized carbons (Fsp3) is 0.250. The summed E-state index contributed by atoms with van der Waals surface area (Å²) < 4.78 is 0. The van der Waals surface area contributed by atoms with Crippen LogP contribution in [0.4, 0.5) is 5.69 Å². The predicted octanol–water partition coefficient (Wildman–Crippen LogP) is 4.84. The lowest BCUT2D eigenvalue weighted by molar-refractivity contribution is 0.0986. The fourth-order valence-corrected chi connectivity index (χ4v) is 2.48. The number of benzene rings is 1. The van der Waals surface area contributed by atoms with E-state index in [1.165, 1.54) is 12.1 Å². The quantitative estimate of drug-likeness (QED) is 0.738. The number of hydrogen-bond acceptors (Lipinski definition) is 2. The molecule has 1 heterocycles. The Kier molecular flexibility index (Phi) is 5.59. The van der Waals surface area contributed by atoms with E-state index in [1.807, 2.05) is 30.3 Å². The summed E-state index contributed by atoms with van der Waals surface area (Å²) in [4.78, 5) is 18.3. The molecule has 2 rings (SSSR count). The summed E-state index contributed by atoms with van der Waals surface area (Å²) in [6, 6.07) is 12.7. The zero-order valence-electron chi connectivity index (χ0n) is 11.7. The van der Waals surface area contributed by atoms with E-state index in [1.54, 1.807) is 4.90 Å². The second-order valence-electron chi connectivity index (χ2n) is 4.65. The van der Waals surface area contributed by atoms with Gasteiger partial charge in [0, 0.05) is 17.8 Å². The molecule has 0 aliphatic heterocycles. The highest BCUT2D eigenvalue weighted by atomic mass is 35.5. The van der Waals surface area contributed by atoms with Gasteiger partial charge in [0.2, 0.25) is 0 Å². The van der Waals surface area contributed by atoms with Gasteiger partial charge >= 0.3 is 0 Å². The summed E-state index contributed by atoms with van der Waals surface area (Å²) in [5, 5.41) is 0.434. The SMILES string of the molecule is CCCCN(C(=O)c1cc(Cl)nc(Cl)c1)c1ccccc1. The third-order valence-electron chi connectivity index (χ3n) is 3.06. The summed E-state index contributed by atoms with van der Waals surface area (Å²) in [5.74, 6) is -0.124. The molecule has 0 radical (unpaired) electrons. The summed E-state index contributed by atoms with van der Waals surface area (Å²) in [7, 11) is 0. The second kappa shape index (κ2) is 7.43. The number of para-hydroxylation sites is 1. The van der Waals surface area contributed by atoms with Crippen molar-refractivity contribution in [2.45, 2.75) is 19.8 Å². The topological polar surface area (TPSA) is 33.2 Å². The Morgan fingerprint density at radius 1 is 1.14 bits per heavy atom. The number of halogens is 2. The molecule has 1 aromatic carbocycles. The lowest BCUT2D eigenvalue weighted by Gasteiger charge is -2.23. The van der Waals surface area contributed by atoms with Crippen molar-refractivity contribution >= 4 is 34.8 Å². The number of pyridine rings is 1. The van der Waals surface area contributed by atoms with Crippen molar-refractivity contribution in [1.29, 1.82) is 0 Å². The average Bonchev–Trinajstić information content (AvgIpc) is 2.47. The normalized spacial score (nSPS) is 10.4. The van der Waals surface area contributed by atoms with Crippen LogP contribution in [0.25, 0.3) is 0 Å². The van der Waals surface area contributed by atoms with Crippen molar-refractivity contribution in [2.75, 3.05) is 11.4 Å². The van der Waals surface area contributed by atoms with Crippen LogP contribution in [0.15, 0.2) is 42.5 Å². The number of nitrogens with zero attached hydrogens (tertiary/aromatic N) is 2. The van der Waals surface area contributed by atoms with Gasteiger partial charge in [0.05, 0.1) is 0 Å². The van der Waals surface area contributed by atoms with E-state index < -0.39 is 0 Å². The van der Waals surface area contributed by atoms with Crippen LogP contribution >= 0.6 is 23.2 Å². The first kappa shape index (κ1) is 15.8. The van der Waals surface area contributed by atoms with Crippen LogP contribution in [0.2, 0.25) is 10.3 Å². The van der Waals surface area contributed by atoms with Gasteiger partial charge < -0.3 is 4.90 Å². The van der Waals surface area contributed by atoms with E-state index in [2.05, 4.69) is 11.9 Å². The number of aromatic nitrogens is 1. The second-order valence-corrected chi connectivity index (χ2v) is 5.42. The van der Waals surface area contributed by atoms with Gasteiger partial charge in [0.1, 0.15) is 10.3 Å². The van der Waals surface area contributed by atoms with E-state index in [9.17, 15) is 4.79 Å². The Labute approximate surface area is 134 Å². The highest BCUT2D eigenvalue weighted by Gasteiger charge is 2.18. The fourth-order valence-electron chi connectivity index (χ4n) is 2.02. The van der Waals surface area contributed by atoms with Gasteiger partial charge in [-0.3, -0.25) is 4.79 Å². The molecular formula is C16H16Cl2N2O. The number of rotatable bonds is 5. The van der Waals surface area contributed by atoms with Crippen LogP contribution in [0.5, 0.6) is 0 Å². The summed E-state index contributed by atoms with van der Waals surface area (Å²) >= 11 is 11.8. The Bertz CT molecular complexity index is 597. The standard InChI is InChI=1S/C16H16Cl2N2O/c1-2-3-9-20(13-7-5-4-6-8-13)16(21)12-10-14(17)19-15(18)11-12/h4-8,10-11H,2-3,9H2,1H3. The van der Waals surface area contributed by atoms with Crippen LogP contribution in [-0.2, 0) is 0 Å². The van der Waals surface area contributed by atoms with Crippen molar-refractivity contribution < 1.29 is 4.79 Å². The molecule has 1 aromatic heterocycles. The van der Waals surface area contributed by atoms with E-state index in [0.717, 1.165) is 18.5 Å². The van der Waals surface area contributed by atoms with Crippen LogP contribution in [-0.4, -0.2) is 17.4 Å². The van der Waals surface area contributed by atoms with Gasteiger partial charge in [-0.25, -0.2) is 4.98 Å². The third-order valence-corrected chi connectivity index (χ3v) is 3.45. The molecule has 5 heteroatoms. The zero-order chi connectivity index (χ0) is 15.2. The maximum atomic E-state index is 12.7. The van der Waals surface area contributed by atoms with Crippen LogP contribution in [0.1, 0.15) is 30.1 Å². The van der Waals surface area contributed by atoms with Crippen molar-refractivity contribution in [3.8, 4) is 0 Å². The monoisotopic (exact) mass is 322 g/mol. The molecule has 0 N–H and O–H groups in total. The molecule has 0 unspecified atom stereocenters. The number of carbonyl (C=O) groups is 1. The Hall–Kier alpha value is -1.58. The Morgan fingerprint density at radius 2 is 1.76 bits per heavy atom. The average molecular weight is 323 g/mol. The maximum Gasteiger partial charge on any atom is 0.258 e. The number of amides is 1. The highest BCUT2D eigenvalue weighted by molar-refractivity contribution is 6.33. The molecule has 1 amide bonds. The Morgan fingerprint density at radius 3 is 2.33 bits per heavy atom. The number of carbonyl (C=O) groups excluding carboxylic acids is 1. The largest absolute Gasteiger partial charge is 0.308 e. The first-order valence-electron chi connectivity index (χ1n) is 6.82. The Balaban J connectivity index is 2.33. The lowest BCUT2D eigenvalue weighted by Crippen LogP contribution is -2.32. The molecular weight excluding hydrogens is 307 g/mol. The minimum Gasteiger partial charge on any atom is -0.308 e. The van der Waals surface area contributed by atoms with Gasteiger partial charge in [-0.05, 0) is 30.7 Å². The molecule has 0 fully saturated rings. The predicted molar refractivity (Wildman–Crippen MR) is 87.3 cm³/mol. The first-order valence-corrected chi connectivity index (χ1v) is 7.57. The van der Waals surface area contributed by atoms with E-state index >= 15 is 0 Å². The van der Waals surface area contributed by atoms with E-state index in [0.29, 0.717) is 12.1 Å². The van der Waals surface area contributed by atoms with Crippen LogP contribution in [0.3, 0.4) is 0 Å². The molecule has 2 aromatic rings. The molecule has 110 valence electrons. The van der Waals surface area contributed by atoms with Crippen LogP contribution in [0, 0.1) is 0 Å². The van der Waals surface area contributed by atoms with Crippen LogP contribution < -0.4 is 4.90 Å². The molecule has 0 aliphatic carbocycles. The molecule has 0 spiro atoms. The van der Waals surface area contributed by atoms with Gasteiger partial charge in [-0.15, -0.1) is 0 Å². The van der Waals surface area contributed by atoms with Gasteiger partial charge in [-0.1, -0.05) is 54.7 Å². The smallest absolute Gasteiger partial charge is 0.258 e. The first-order chi connectivity index (χ1) is 10.1. The molecule has 0 saturated heterocycles. The summed E-state index contributed by atoms with van der Waals surface area (Å²) in [6.07, 6.45) is 1.93. The minimum absolute atomic E-state index is 0.124. The maximum absolute atomic E-state index is 12.7. The lowest BCUT2D eigenvalue weighted by atomic mass is 10.2. The highest BCUT2D eigenvalue weighted by Crippen LogP contribution is 2.21. The minimum atomic E-state index is -0.124. The molecule has 0 atom stereocenters. The molecule has 0 bridgehead atoms. The number of anilines is 1. The summed E-state index contributed by atoms with van der Waals surface area (Å²) in [6.45, 7) is 2.74. The molecule has 21 heavy (non-hydrogen) atoms. The van der Waals surface area contributed by atoms with Gasteiger partial charge in [0.15, 0.2) is 0 Å². The molecule has 0 aliphatic rings. The summed E-state index contributed by atoms with van der Waals surface area (Å²) in [5.41, 5.74) is 1.31. The van der Waals surface area contributed by atoms with E-state index in [4.69, 9.17) is 23.2 Å². The molecule has 3 nitrogen and oxygen atoms in total. The van der Waals surface area contributed by atoms with E-state index in [-0.39, 0.29) is 16.2 Å². The third kappa shape index (κ3) is 4.19. The number of hydrogen-bond donors (Lipinski definition) is 0. The number of unbranched alkanes of at least 4 members (excludes halogenated alkanes) is 1. The van der Waals surface area contributed by atoms with Crippen molar-refractivity contribution in [3.63, 3.8) is 0 Å². The van der Waals surface area contributed by atoms with Gasteiger partial charge in [0.25, 0.3) is 5.91 Å². The zero-order valence-corrected chi connectivity index (χ0v) is 13.2.